The summed E-state index contributed by atoms with van der Waals surface area (Å²) in [6.07, 6.45) is 16.1. The molecule has 0 aliphatic carbocycles. The average Bonchev–Trinajstić information content (AvgIpc) is 3.28. The predicted molar refractivity (Wildman–Crippen MR) is 155 cm³/mol. The molecule has 0 fully saturated rings. The number of rotatable bonds is 14. The van der Waals surface area contributed by atoms with Gasteiger partial charge in [-0.2, -0.15) is 0 Å². The minimum Gasteiger partial charge on any atom is -0.352 e. The highest BCUT2D eigenvalue weighted by molar-refractivity contribution is 5.56. The van der Waals surface area contributed by atoms with Crippen molar-refractivity contribution in [3.8, 4) is 0 Å². The number of hydrogen-bond donors (Lipinski definition) is 0. The molecule has 0 N–H and O–H groups in total. The van der Waals surface area contributed by atoms with E-state index >= 15 is 0 Å². The largest absolute Gasteiger partial charge is 0.352 e. The number of para-hydroxylation sites is 1. The van der Waals surface area contributed by atoms with Gasteiger partial charge in [0, 0.05) is 37.0 Å². The quantitative estimate of drug-likeness (QED) is 0.212. The van der Waals surface area contributed by atoms with Crippen molar-refractivity contribution in [3.63, 3.8) is 0 Å². The van der Waals surface area contributed by atoms with Crippen molar-refractivity contribution in [2.24, 2.45) is 0 Å². The van der Waals surface area contributed by atoms with E-state index in [0.717, 1.165) is 19.4 Å². The summed E-state index contributed by atoms with van der Waals surface area (Å²) in [5.74, 6) is 0.360. The molecule has 3 aromatic carbocycles. The molecule has 1 heterocycles. The van der Waals surface area contributed by atoms with Crippen molar-refractivity contribution in [2.45, 2.75) is 83.2 Å². The highest BCUT2D eigenvalue weighted by Gasteiger charge is 2.49. The Balaban J connectivity index is 1.69. The summed E-state index contributed by atoms with van der Waals surface area (Å²) in [6.45, 7) is 5.74. The standard InChI is InChI=1S/C34H44N2/c1-3-5-6-7-8-9-19-26-35-27-28-36(32-24-17-12-18-25-32)34(35,29-30-20-13-10-14-21-30)33(4-2)31-22-15-11-16-23-31/h10-18,20-25,27-28,33H,3-9,19,26,29H2,1-2H3. The van der Waals surface area contributed by atoms with Crippen molar-refractivity contribution >= 4 is 5.69 Å². The van der Waals surface area contributed by atoms with Crippen molar-refractivity contribution in [1.82, 2.24) is 4.90 Å². The third-order valence-corrected chi connectivity index (χ3v) is 7.82. The van der Waals surface area contributed by atoms with Gasteiger partial charge in [-0.3, -0.25) is 0 Å². The van der Waals surface area contributed by atoms with Gasteiger partial charge in [-0.05, 0) is 36.1 Å². The van der Waals surface area contributed by atoms with Crippen LogP contribution in [0.5, 0.6) is 0 Å². The van der Waals surface area contributed by atoms with Crippen molar-refractivity contribution < 1.29 is 0 Å². The molecule has 1 aliphatic heterocycles. The Morgan fingerprint density at radius 1 is 0.639 bits per heavy atom. The Morgan fingerprint density at radius 3 is 1.86 bits per heavy atom. The molecule has 3 aromatic rings. The Hall–Kier alpha value is -3.00. The van der Waals surface area contributed by atoms with E-state index < -0.39 is 0 Å². The molecule has 0 saturated carbocycles. The molecule has 2 nitrogen and oxygen atoms in total. The number of nitrogens with zero attached hydrogens (tertiary/aromatic N) is 2. The Bertz CT molecular complexity index is 1030. The molecule has 2 unspecified atom stereocenters. The lowest BCUT2D eigenvalue weighted by molar-refractivity contribution is 0.125. The molecule has 0 amide bonds. The average molecular weight is 481 g/mol. The van der Waals surface area contributed by atoms with Gasteiger partial charge < -0.3 is 9.80 Å². The molecule has 0 spiro atoms. The van der Waals surface area contributed by atoms with Crippen LogP contribution in [-0.4, -0.2) is 17.1 Å². The second-order valence-corrected chi connectivity index (χ2v) is 10.2. The minimum atomic E-state index is -0.193. The van der Waals surface area contributed by atoms with Crippen LogP contribution in [0.1, 0.15) is 82.3 Å². The molecule has 0 bridgehead atoms. The second kappa shape index (κ2) is 13.3. The molecule has 36 heavy (non-hydrogen) atoms. The van der Waals surface area contributed by atoms with Gasteiger partial charge >= 0.3 is 0 Å². The van der Waals surface area contributed by atoms with E-state index in [1.807, 2.05) is 0 Å². The summed E-state index contributed by atoms with van der Waals surface area (Å²) < 4.78 is 0. The lowest BCUT2D eigenvalue weighted by Gasteiger charge is -2.51. The lowest BCUT2D eigenvalue weighted by Crippen LogP contribution is -2.59. The zero-order valence-electron chi connectivity index (χ0n) is 22.4. The molecule has 190 valence electrons. The molecule has 4 rings (SSSR count). The highest BCUT2D eigenvalue weighted by atomic mass is 15.4. The highest BCUT2D eigenvalue weighted by Crippen LogP contribution is 2.47. The van der Waals surface area contributed by atoms with E-state index in [1.54, 1.807) is 0 Å². The van der Waals surface area contributed by atoms with Gasteiger partial charge in [-0.1, -0.05) is 131 Å². The summed E-state index contributed by atoms with van der Waals surface area (Å²) in [7, 11) is 0. The summed E-state index contributed by atoms with van der Waals surface area (Å²) in [4.78, 5) is 5.25. The first kappa shape index (κ1) is 26.1. The van der Waals surface area contributed by atoms with Crippen LogP contribution in [0.2, 0.25) is 0 Å². The third-order valence-electron chi connectivity index (χ3n) is 7.82. The van der Waals surface area contributed by atoms with Crippen LogP contribution in [-0.2, 0) is 6.42 Å². The van der Waals surface area contributed by atoms with E-state index in [0.29, 0.717) is 5.92 Å². The maximum absolute atomic E-state index is 2.68. The predicted octanol–water partition coefficient (Wildman–Crippen LogP) is 9.16. The van der Waals surface area contributed by atoms with Gasteiger partial charge in [0.2, 0.25) is 0 Å². The van der Waals surface area contributed by atoms with Gasteiger partial charge in [0.15, 0.2) is 0 Å². The summed E-state index contributed by atoms with van der Waals surface area (Å²) in [5, 5.41) is 0. The van der Waals surface area contributed by atoms with Gasteiger partial charge in [-0.15, -0.1) is 0 Å². The molecule has 0 aromatic heterocycles. The molecule has 0 saturated heterocycles. The van der Waals surface area contributed by atoms with Crippen LogP contribution >= 0.6 is 0 Å². The van der Waals surface area contributed by atoms with Crippen LogP contribution in [0.25, 0.3) is 0 Å². The monoisotopic (exact) mass is 480 g/mol. The van der Waals surface area contributed by atoms with E-state index in [4.69, 9.17) is 0 Å². The molecular weight excluding hydrogens is 436 g/mol. The molecule has 2 heteroatoms. The number of benzene rings is 3. The first-order valence-electron chi connectivity index (χ1n) is 14.2. The minimum absolute atomic E-state index is 0.193. The van der Waals surface area contributed by atoms with Gasteiger partial charge in [0.05, 0.1) is 0 Å². The summed E-state index contributed by atoms with van der Waals surface area (Å²) in [5.41, 5.74) is 3.88. The second-order valence-electron chi connectivity index (χ2n) is 10.2. The van der Waals surface area contributed by atoms with Gasteiger partial charge in [-0.25, -0.2) is 0 Å². The topological polar surface area (TPSA) is 6.48 Å². The Labute approximate surface area is 219 Å². The zero-order valence-corrected chi connectivity index (χ0v) is 22.4. The SMILES string of the molecule is CCCCCCCCCN1C=CN(c2ccccc2)C1(Cc1ccccc1)C(CC)c1ccccc1. The van der Waals surface area contributed by atoms with E-state index in [2.05, 4.69) is 127 Å². The Morgan fingerprint density at radius 2 is 1.22 bits per heavy atom. The molecule has 0 radical (unpaired) electrons. The van der Waals surface area contributed by atoms with Gasteiger partial charge in [0.25, 0.3) is 0 Å². The van der Waals surface area contributed by atoms with E-state index in [-0.39, 0.29) is 5.66 Å². The normalized spacial score (nSPS) is 18.1. The third kappa shape index (κ3) is 6.03. The lowest BCUT2D eigenvalue weighted by atomic mass is 9.78. The van der Waals surface area contributed by atoms with Crippen molar-refractivity contribution in [3.05, 3.63) is 115 Å². The van der Waals surface area contributed by atoms with Crippen LogP contribution in [0, 0.1) is 0 Å². The fraction of sp³-hybridized carbons (Fsp3) is 0.412. The summed E-state index contributed by atoms with van der Waals surface area (Å²) >= 11 is 0. The molecular formula is C34H44N2. The number of hydrogen-bond acceptors (Lipinski definition) is 2. The fourth-order valence-electron chi connectivity index (χ4n) is 6.04. The zero-order chi connectivity index (χ0) is 25.1. The summed E-state index contributed by atoms with van der Waals surface area (Å²) in [6, 6.07) is 33.3. The van der Waals surface area contributed by atoms with Crippen LogP contribution < -0.4 is 4.90 Å². The van der Waals surface area contributed by atoms with Crippen molar-refractivity contribution in [1.29, 1.82) is 0 Å². The number of anilines is 1. The van der Waals surface area contributed by atoms with E-state index in [1.165, 1.54) is 61.8 Å². The van der Waals surface area contributed by atoms with Crippen LogP contribution in [0.3, 0.4) is 0 Å². The van der Waals surface area contributed by atoms with Crippen LogP contribution in [0.4, 0.5) is 5.69 Å². The van der Waals surface area contributed by atoms with Gasteiger partial charge in [0.1, 0.15) is 5.66 Å². The van der Waals surface area contributed by atoms with E-state index in [9.17, 15) is 0 Å². The van der Waals surface area contributed by atoms with Crippen LogP contribution in [0.15, 0.2) is 103 Å². The smallest absolute Gasteiger partial charge is 0.127 e. The molecule has 2 atom stereocenters. The Kier molecular flexibility index (Phi) is 9.67. The maximum Gasteiger partial charge on any atom is 0.127 e. The molecule has 1 aliphatic rings. The first-order valence-corrected chi connectivity index (χ1v) is 14.2. The van der Waals surface area contributed by atoms with Crippen molar-refractivity contribution in [2.75, 3.05) is 11.4 Å². The first-order chi connectivity index (χ1) is 17.8. The fourth-order valence-corrected chi connectivity index (χ4v) is 6.04. The number of unbranched alkanes of at least 4 members (excludes halogenated alkanes) is 6. The maximum atomic E-state index is 2.68.